The Morgan fingerprint density at radius 3 is 2.39 bits per heavy atom. The van der Waals surface area contributed by atoms with Crippen LogP contribution in [0.5, 0.6) is 0 Å². The highest BCUT2D eigenvalue weighted by atomic mass is 19.1. The van der Waals surface area contributed by atoms with Gasteiger partial charge in [-0.15, -0.1) is 0 Å². The van der Waals surface area contributed by atoms with E-state index in [2.05, 4.69) is 29.4 Å². The van der Waals surface area contributed by atoms with Gasteiger partial charge in [-0.05, 0) is 50.5 Å². The molecule has 6 nitrogen and oxygen atoms in total. The molecule has 7 heteroatoms. The van der Waals surface area contributed by atoms with Gasteiger partial charge >= 0.3 is 6.03 Å². The molecule has 1 aliphatic heterocycles. The van der Waals surface area contributed by atoms with Crippen molar-refractivity contribution in [2.45, 2.75) is 52.4 Å². The molecular weight excluding hydrogens is 395 g/mol. The van der Waals surface area contributed by atoms with Gasteiger partial charge in [0.25, 0.3) is 0 Å². The molecule has 2 N–H and O–H groups in total. The predicted molar refractivity (Wildman–Crippen MR) is 123 cm³/mol. The maximum atomic E-state index is 14.1. The van der Waals surface area contributed by atoms with Crippen LogP contribution in [0.3, 0.4) is 0 Å². The molecule has 2 rings (SSSR count). The number of amides is 3. The van der Waals surface area contributed by atoms with Crippen LogP contribution in [0.2, 0.25) is 0 Å². The number of nitrogens with zero attached hydrogens (tertiary/aromatic N) is 2. The lowest BCUT2D eigenvalue weighted by Gasteiger charge is -2.33. The molecule has 1 aromatic rings. The molecule has 0 unspecified atom stereocenters. The standard InChI is InChI=1S/C24H39FN4O2/c1-5-28(6-2)15-9-14-26-22(30)19-12-16-29(17-13-19)23(31)27-18-24(3,4)20-10-7-8-11-21(20)25/h7-8,10-11,19H,5-6,9,12-18H2,1-4H3,(H,26,30)(H,27,31). The van der Waals surface area contributed by atoms with Crippen molar-refractivity contribution in [3.8, 4) is 0 Å². The Hall–Kier alpha value is -2.15. The lowest BCUT2D eigenvalue weighted by atomic mass is 9.84. The second kappa shape index (κ2) is 12.0. The minimum atomic E-state index is -0.510. The second-order valence-corrected chi connectivity index (χ2v) is 8.96. The molecule has 1 aromatic carbocycles. The Bertz CT molecular complexity index is 713. The smallest absolute Gasteiger partial charge is 0.317 e. The summed E-state index contributed by atoms with van der Waals surface area (Å²) in [7, 11) is 0. The minimum absolute atomic E-state index is 0.0349. The molecule has 1 heterocycles. The molecule has 0 radical (unpaired) electrons. The molecule has 3 amide bonds. The molecular formula is C24H39FN4O2. The topological polar surface area (TPSA) is 64.7 Å². The van der Waals surface area contributed by atoms with E-state index < -0.39 is 5.41 Å². The lowest BCUT2D eigenvalue weighted by Crippen LogP contribution is -2.49. The number of nitrogens with one attached hydrogen (secondary N) is 2. The molecule has 0 saturated carbocycles. The Labute approximate surface area is 186 Å². The van der Waals surface area contributed by atoms with Crippen molar-refractivity contribution in [1.82, 2.24) is 20.4 Å². The van der Waals surface area contributed by atoms with Crippen molar-refractivity contribution >= 4 is 11.9 Å². The van der Waals surface area contributed by atoms with Crippen molar-refractivity contribution < 1.29 is 14.0 Å². The number of likely N-dealkylation sites (tertiary alicyclic amines) is 1. The lowest BCUT2D eigenvalue weighted by molar-refractivity contribution is -0.126. The monoisotopic (exact) mass is 434 g/mol. The fourth-order valence-electron chi connectivity index (χ4n) is 4.06. The highest BCUT2D eigenvalue weighted by Crippen LogP contribution is 2.25. The molecule has 0 aromatic heterocycles. The molecule has 1 aliphatic rings. The molecule has 31 heavy (non-hydrogen) atoms. The third-order valence-electron chi connectivity index (χ3n) is 6.28. The first-order valence-corrected chi connectivity index (χ1v) is 11.6. The Morgan fingerprint density at radius 1 is 1.13 bits per heavy atom. The summed E-state index contributed by atoms with van der Waals surface area (Å²) < 4.78 is 14.1. The van der Waals surface area contributed by atoms with Crippen LogP contribution >= 0.6 is 0 Å². The SMILES string of the molecule is CCN(CC)CCCNC(=O)C1CCN(C(=O)NCC(C)(C)c2ccccc2F)CC1. The van der Waals surface area contributed by atoms with Crippen LogP contribution in [-0.4, -0.2) is 67.6 Å². The predicted octanol–water partition coefficient (Wildman–Crippen LogP) is 3.37. The van der Waals surface area contributed by atoms with Crippen molar-refractivity contribution in [3.05, 3.63) is 35.6 Å². The molecule has 0 atom stereocenters. The van der Waals surface area contributed by atoms with E-state index in [1.807, 2.05) is 13.8 Å². The number of benzene rings is 1. The van der Waals surface area contributed by atoms with Gasteiger partial charge in [-0.25, -0.2) is 9.18 Å². The zero-order valence-electron chi connectivity index (χ0n) is 19.5. The van der Waals surface area contributed by atoms with Crippen LogP contribution in [-0.2, 0) is 10.2 Å². The van der Waals surface area contributed by atoms with Crippen molar-refractivity contribution in [1.29, 1.82) is 0 Å². The van der Waals surface area contributed by atoms with E-state index in [4.69, 9.17) is 0 Å². The summed E-state index contributed by atoms with van der Waals surface area (Å²) in [5.41, 5.74) is 0.0799. The number of hydrogen-bond acceptors (Lipinski definition) is 3. The van der Waals surface area contributed by atoms with E-state index in [-0.39, 0.29) is 23.7 Å². The third-order valence-corrected chi connectivity index (χ3v) is 6.28. The highest BCUT2D eigenvalue weighted by Gasteiger charge is 2.29. The van der Waals surface area contributed by atoms with E-state index in [9.17, 15) is 14.0 Å². The van der Waals surface area contributed by atoms with Crippen molar-refractivity contribution in [2.75, 3.05) is 45.8 Å². The van der Waals surface area contributed by atoms with E-state index >= 15 is 0 Å². The average molecular weight is 435 g/mol. The number of urea groups is 1. The maximum Gasteiger partial charge on any atom is 0.317 e. The van der Waals surface area contributed by atoms with Gasteiger partial charge in [0.15, 0.2) is 0 Å². The largest absolute Gasteiger partial charge is 0.356 e. The molecule has 1 saturated heterocycles. The number of halogens is 1. The second-order valence-electron chi connectivity index (χ2n) is 8.96. The van der Waals surface area contributed by atoms with Crippen LogP contribution in [0, 0.1) is 11.7 Å². The third kappa shape index (κ3) is 7.49. The average Bonchev–Trinajstić information content (AvgIpc) is 2.77. The summed E-state index contributed by atoms with van der Waals surface area (Å²) in [6, 6.07) is 6.52. The van der Waals surface area contributed by atoms with Crippen LogP contribution in [0.25, 0.3) is 0 Å². The first kappa shape index (κ1) is 25.1. The normalized spacial score (nSPS) is 15.2. The highest BCUT2D eigenvalue weighted by molar-refractivity contribution is 5.79. The zero-order chi connectivity index (χ0) is 22.9. The summed E-state index contributed by atoms with van der Waals surface area (Å²) in [6.45, 7) is 13.3. The summed E-state index contributed by atoms with van der Waals surface area (Å²) in [4.78, 5) is 29.1. The van der Waals surface area contributed by atoms with Crippen molar-refractivity contribution in [3.63, 3.8) is 0 Å². The Morgan fingerprint density at radius 2 is 1.77 bits per heavy atom. The van der Waals surface area contributed by atoms with Crippen LogP contribution in [0.1, 0.15) is 52.5 Å². The van der Waals surface area contributed by atoms with Crippen molar-refractivity contribution in [2.24, 2.45) is 5.92 Å². The summed E-state index contributed by atoms with van der Waals surface area (Å²) in [5.74, 6) is -0.196. The Balaban J connectivity index is 1.71. The van der Waals surface area contributed by atoms with Gasteiger partial charge in [0.05, 0.1) is 0 Å². The first-order chi connectivity index (χ1) is 14.8. The number of rotatable bonds is 10. The molecule has 0 aliphatic carbocycles. The minimum Gasteiger partial charge on any atom is -0.356 e. The molecule has 0 bridgehead atoms. The van der Waals surface area contributed by atoms with Crippen LogP contribution in [0.4, 0.5) is 9.18 Å². The number of hydrogen-bond donors (Lipinski definition) is 2. The first-order valence-electron chi connectivity index (χ1n) is 11.6. The van der Waals surface area contributed by atoms with Gasteiger partial charge in [0, 0.05) is 37.5 Å². The van der Waals surface area contributed by atoms with Gasteiger partial charge in [-0.1, -0.05) is 45.9 Å². The fraction of sp³-hybridized carbons (Fsp3) is 0.667. The Kier molecular flexibility index (Phi) is 9.75. The van der Waals surface area contributed by atoms with Gasteiger partial charge in [0.1, 0.15) is 5.82 Å². The van der Waals surface area contributed by atoms with E-state index in [1.54, 1.807) is 23.1 Å². The summed E-state index contributed by atoms with van der Waals surface area (Å²) in [6.07, 6.45) is 2.30. The van der Waals surface area contributed by atoms with Crippen LogP contribution < -0.4 is 10.6 Å². The quantitative estimate of drug-likeness (QED) is 0.555. The van der Waals surface area contributed by atoms with E-state index in [1.165, 1.54) is 6.07 Å². The molecule has 174 valence electrons. The molecule has 0 spiro atoms. The summed E-state index contributed by atoms with van der Waals surface area (Å²) >= 11 is 0. The van der Waals surface area contributed by atoms with E-state index in [0.717, 1.165) is 26.1 Å². The van der Waals surface area contributed by atoms with Gasteiger partial charge < -0.3 is 20.4 Å². The zero-order valence-corrected chi connectivity index (χ0v) is 19.5. The van der Waals surface area contributed by atoms with E-state index in [0.29, 0.717) is 44.6 Å². The fourth-order valence-corrected chi connectivity index (χ4v) is 4.06. The van der Waals surface area contributed by atoms with Gasteiger partial charge in [-0.2, -0.15) is 0 Å². The van der Waals surface area contributed by atoms with Crippen LogP contribution in [0.15, 0.2) is 24.3 Å². The summed E-state index contributed by atoms with van der Waals surface area (Å²) in [5, 5.41) is 5.99. The number of piperidine rings is 1. The number of carbonyl (C=O) groups is 2. The van der Waals surface area contributed by atoms with Gasteiger partial charge in [-0.3, -0.25) is 4.79 Å². The molecule has 1 fully saturated rings. The maximum absolute atomic E-state index is 14.1. The number of carbonyl (C=O) groups excluding carboxylic acids is 2. The van der Waals surface area contributed by atoms with Gasteiger partial charge in [0.2, 0.25) is 5.91 Å².